The molecule has 0 unspecified atom stereocenters. The number of hydrogen-bond donors (Lipinski definition) is 1. The van der Waals surface area contributed by atoms with Crippen LogP contribution >= 0.6 is 0 Å². The molecule has 0 amide bonds. The number of cyclic esters (lactones) is 1. The first kappa shape index (κ1) is 11.2. The number of aliphatic hydroxyl groups is 1. The van der Waals surface area contributed by atoms with Gasteiger partial charge in [-0.05, 0) is 26.7 Å². The van der Waals surface area contributed by atoms with Gasteiger partial charge in [0.05, 0.1) is 12.0 Å². The maximum absolute atomic E-state index is 11.1. The Bertz CT molecular complexity index is 231. The lowest BCUT2D eigenvalue weighted by Gasteiger charge is -2.32. The van der Waals surface area contributed by atoms with Crippen molar-refractivity contribution in [2.24, 2.45) is 0 Å². The molecule has 0 saturated carbocycles. The Balaban J connectivity index is 2.42. The molecule has 1 fully saturated rings. The van der Waals surface area contributed by atoms with Crippen molar-refractivity contribution in [1.82, 2.24) is 0 Å². The zero-order valence-corrected chi connectivity index (χ0v) is 8.82. The van der Waals surface area contributed by atoms with Crippen LogP contribution in [0.5, 0.6) is 0 Å². The van der Waals surface area contributed by atoms with Crippen molar-refractivity contribution >= 4 is 5.97 Å². The van der Waals surface area contributed by atoms with Crippen molar-refractivity contribution in [3.05, 3.63) is 12.2 Å². The summed E-state index contributed by atoms with van der Waals surface area (Å²) in [4.78, 5) is 11.1. The Labute approximate surface area is 84.8 Å². The second kappa shape index (κ2) is 4.60. The van der Waals surface area contributed by atoms with Gasteiger partial charge < -0.3 is 9.84 Å². The number of esters is 1. The highest BCUT2D eigenvalue weighted by Gasteiger charge is 2.35. The van der Waals surface area contributed by atoms with Crippen LogP contribution in [-0.4, -0.2) is 22.8 Å². The molecule has 0 aromatic heterocycles. The smallest absolute Gasteiger partial charge is 0.308 e. The van der Waals surface area contributed by atoms with Crippen molar-refractivity contribution in [2.45, 2.75) is 51.2 Å². The molecule has 0 bridgehead atoms. The van der Waals surface area contributed by atoms with Gasteiger partial charge in [0.1, 0.15) is 6.10 Å². The summed E-state index contributed by atoms with van der Waals surface area (Å²) < 4.78 is 5.14. The van der Waals surface area contributed by atoms with E-state index < -0.39 is 5.60 Å². The minimum atomic E-state index is -0.879. The molecular formula is C11H18O3. The summed E-state index contributed by atoms with van der Waals surface area (Å²) in [5, 5.41) is 9.75. The normalized spacial score (nSPS) is 33.4. The summed E-state index contributed by atoms with van der Waals surface area (Å²) >= 11 is 0. The first-order valence-electron chi connectivity index (χ1n) is 5.06. The highest BCUT2D eigenvalue weighted by molar-refractivity contribution is 5.71. The molecule has 1 heterocycles. The monoisotopic (exact) mass is 198 g/mol. The largest absolute Gasteiger partial charge is 0.462 e. The minimum absolute atomic E-state index is 0.118. The number of allylic oxidation sites excluding steroid dienone is 2. The Morgan fingerprint density at radius 1 is 1.71 bits per heavy atom. The third-order valence-electron chi connectivity index (χ3n) is 2.38. The molecule has 80 valence electrons. The van der Waals surface area contributed by atoms with Crippen LogP contribution in [0.3, 0.4) is 0 Å². The van der Waals surface area contributed by atoms with Crippen LogP contribution in [0.4, 0.5) is 0 Å². The molecule has 3 heteroatoms. The fraction of sp³-hybridized carbons (Fsp3) is 0.727. The minimum Gasteiger partial charge on any atom is -0.462 e. The van der Waals surface area contributed by atoms with Crippen molar-refractivity contribution in [3.8, 4) is 0 Å². The Morgan fingerprint density at radius 2 is 2.43 bits per heavy atom. The zero-order valence-electron chi connectivity index (χ0n) is 8.82. The maximum atomic E-state index is 11.1. The van der Waals surface area contributed by atoms with Crippen molar-refractivity contribution in [1.29, 1.82) is 0 Å². The molecular weight excluding hydrogens is 180 g/mol. The Morgan fingerprint density at radius 3 is 3.00 bits per heavy atom. The third-order valence-corrected chi connectivity index (χ3v) is 2.38. The maximum Gasteiger partial charge on any atom is 0.308 e. The summed E-state index contributed by atoms with van der Waals surface area (Å²) in [5.41, 5.74) is -0.879. The molecule has 0 spiro atoms. The lowest BCUT2D eigenvalue weighted by molar-refractivity contribution is -0.168. The van der Waals surface area contributed by atoms with Gasteiger partial charge in [0.25, 0.3) is 0 Å². The summed E-state index contributed by atoms with van der Waals surface area (Å²) in [6.07, 6.45) is 6.25. The van der Waals surface area contributed by atoms with Crippen LogP contribution in [0.15, 0.2) is 12.2 Å². The van der Waals surface area contributed by atoms with Gasteiger partial charge in [-0.15, -0.1) is 0 Å². The average molecular weight is 198 g/mol. The molecule has 1 saturated heterocycles. The van der Waals surface area contributed by atoms with E-state index in [2.05, 4.69) is 0 Å². The van der Waals surface area contributed by atoms with Crippen LogP contribution in [0.1, 0.15) is 39.5 Å². The quantitative estimate of drug-likeness (QED) is 0.555. The van der Waals surface area contributed by atoms with Crippen molar-refractivity contribution in [3.63, 3.8) is 0 Å². The predicted octanol–water partition coefficient (Wildman–Crippen LogP) is 1.80. The highest BCUT2D eigenvalue weighted by Crippen LogP contribution is 2.27. The molecule has 0 aliphatic carbocycles. The number of carbonyl (C=O) groups excluding carboxylic acids is 1. The molecule has 1 aliphatic rings. The summed E-state index contributed by atoms with van der Waals surface area (Å²) in [6, 6.07) is 0. The highest BCUT2D eigenvalue weighted by atomic mass is 16.5. The molecule has 1 N–H and O–H groups in total. The molecule has 1 aliphatic heterocycles. The number of hydrogen-bond acceptors (Lipinski definition) is 3. The van der Waals surface area contributed by atoms with Gasteiger partial charge in [0, 0.05) is 6.42 Å². The van der Waals surface area contributed by atoms with E-state index in [0.717, 1.165) is 12.8 Å². The molecule has 0 aromatic carbocycles. The first-order valence-corrected chi connectivity index (χ1v) is 5.06. The number of rotatable bonds is 3. The van der Waals surface area contributed by atoms with Crippen molar-refractivity contribution in [2.75, 3.05) is 0 Å². The van der Waals surface area contributed by atoms with Crippen LogP contribution in [0, 0.1) is 0 Å². The van der Waals surface area contributed by atoms with E-state index in [1.165, 1.54) is 0 Å². The predicted molar refractivity (Wildman–Crippen MR) is 53.8 cm³/mol. The van der Waals surface area contributed by atoms with Gasteiger partial charge in [-0.3, -0.25) is 4.79 Å². The van der Waals surface area contributed by atoms with Gasteiger partial charge in [0.15, 0.2) is 0 Å². The second-order valence-corrected chi connectivity index (χ2v) is 4.14. The van der Waals surface area contributed by atoms with Crippen LogP contribution in [0.25, 0.3) is 0 Å². The van der Waals surface area contributed by atoms with Gasteiger partial charge >= 0.3 is 5.97 Å². The SMILES string of the molecule is C/C=C/CC[C@@H]1C[C@](C)(O)CC(=O)O1. The molecule has 0 radical (unpaired) electrons. The van der Waals surface area contributed by atoms with Crippen molar-refractivity contribution < 1.29 is 14.6 Å². The molecule has 3 nitrogen and oxygen atoms in total. The fourth-order valence-electron chi connectivity index (χ4n) is 1.75. The summed E-state index contributed by atoms with van der Waals surface area (Å²) in [6.45, 7) is 3.65. The standard InChI is InChI=1S/C11H18O3/c1-3-4-5-6-9-7-11(2,13)8-10(12)14-9/h3-4,9,13H,5-8H2,1-2H3/b4-3+/t9-,11+/m1/s1. The summed E-state index contributed by atoms with van der Waals surface area (Å²) in [5.74, 6) is -0.285. The van der Waals surface area contributed by atoms with E-state index >= 15 is 0 Å². The lowest BCUT2D eigenvalue weighted by Crippen LogP contribution is -2.40. The lowest BCUT2D eigenvalue weighted by atomic mass is 9.90. The molecule has 2 atom stereocenters. The Kier molecular flexibility index (Phi) is 3.69. The topological polar surface area (TPSA) is 46.5 Å². The number of carbonyl (C=O) groups is 1. The number of ether oxygens (including phenoxy) is 1. The van der Waals surface area contributed by atoms with Gasteiger partial charge in [-0.1, -0.05) is 12.2 Å². The molecule has 1 rings (SSSR count). The summed E-state index contributed by atoms with van der Waals surface area (Å²) in [7, 11) is 0. The average Bonchev–Trinajstić information content (AvgIpc) is 2.00. The van der Waals surface area contributed by atoms with E-state index in [1.54, 1.807) is 6.92 Å². The van der Waals surface area contributed by atoms with Crippen LogP contribution in [-0.2, 0) is 9.53 Å². The van der Waals surface area contributed by atoms with E-state index in [1.807, 2.05) is 19.1 Å². The van der Waals surface area contributed by atoms with Gasteiger partial charge in [-0.2, -0.15) is 0 Å². The van der Waals surface area contributed by atoms with Crippen LogP contribution in [0.2, 0.25) is 0 Å². The molecule has 0 aromatic rings. The van der Waals surface area contributed by atoms with Gasteiger partial charge in [-0.25, -0.2) is 0 Å². The van der Waals surface area contributed by atoms with Crippen LogP contribution < -0.4 is 0 Å². The van der Waals surface area contributed by atoms with E-state index in [4.69, 9.17) is 4.74 Å². The second-order valence-electron chi connectivity index (χ2n) is 4.14. The Hall–Kier alpha value is -0.830. The van der Waals surface area contributed by atoms with E-state index in [0.29, 0.717) is 6.42 Å². The fourth-order valence-corrected chi connectivity index (χ4v) is 1.75. The first-order chi connectivity index (χ1) is 6.53. The van der Waals surface area contributed by atoms with Gasteiger partial charge in [0.2, 0.25) is 0 Å². The third kappa shape index (κ3) is 3.50. The van der Waals surface area contributed by atoms with E-state index in [-0.39, 0.29) is 18.5 Å². The zero-order chi connectivity index (χ0) is 10.6. The van der Waals surface area contributed by atoms with E-state index in [9.17, 15) is 9.90 Å². The molecule has 14 heavy (non-hydrogen) atoms.